The van der Waals surface area contributed by atoms with Crippen molar-refractivity contribution in [1.29, 1.82) is 0 Å². The van der Waals surface area contributed by atoms with Crippen molar-refractivity contribution in [3.05, 3.63) is 11.1 Å². The molecule has 1 aromatic heterocycles. The summed E-state index contributed by atoms with van der Waals surface area (Å²) >= 11 is 0.0605. The van der Waals surface area contributed by atoms with Gasteiger partial charge in [-0.15, -0.1) is 0 Å². The normalized spacial score (nSPS) is 28.3. The third-order valence-corrected chi connectivity index (χ3v) is 6.89. The van der Waals surface area contributed by atoms with Crippen LogP contribution in [0, 0.1) is 17.8 Å². The number of nitrogens with zero attached hydrogens (tertiary/aromatic N) is 1. The SMILES string of the molecule is CC[S+]([O-])c1ncc(C(=O)NCCC2C(=O)CC3CC32)s1. The van der Waals surface area contributed by atoms with Crippen molar-refractivity contribution in [2.45, 2.75) is 30.5 Å². The van der Waals surface area contributed by atoms with Gasteiger partial charge in [0, 0.05) is 30.1 Å². The first kappa shape index (κ1) is 15.0. The van der Waals surface area contributed by atoms with E-state index in [0.717, 1.165) is 12.8 Å². The molecule has 4 unspecified atom stereocenters. The van der Waals surface area contributed by atoms with Crippen LogP contribution in [0.4, 0.5) is 0 Å². The summed E-state index contributed by atoms with van der Waals surface area (Å²) < 4.78 is 12.1. The summed E-state index contributed by atoms with van der Waals surface area (Å²) in [6, 6.07) is 0. The summed E-state index contributed by atoms with van der Waals surface area (Å²) in [6.07, 6.45) is 4.13. The quantitative estimate of drug-likeness (QED) is 0.805. The molecule has 1 aromatic rings. The Hall–Kier alpha value is -0.920. The van der Waals surface area contributed by atoms with Gasteiger partial charge in [-0.2, -0.15) is 4.98 Å². The molecule has 1 heterocycles. The van der Waals surface area contributed by atoms with Crippen molar-refractivity contribution >= 4 is 34.2 Å². The Labute approximate surface area is 130 Å². The third kappa shape index (κ3) is 3.14. The van der Waals surface area contributed by atoms with Crippen molar-refractivity contribution in [2.24, 2.45) is 17.8 Å². The van der Waals surface area contributed by atoms with Crippen LogP contribution in [0.5, 0.6) is 0 Å². The molecule has 2 fully saturated rings. The lowest BCUT2D eigenvalue weighted by atomic mass is 9.98. The Morgan fingerprint density at radius 1 is 1.62 bits per heavy atom. The van der Waals surface area contributed by atoms with Crippen LogP contribution in [0.1, 0.15) is 35.9 Å². The van der Waals surface area contributed by atoms with Gasteiger partial charge in [-0.05, 0) is 31.6 Å². The lowest BCUT2D eigenvalue weighted by Gasteiger charge is -2.10. The highest BCUT2D eigenvalue weighted by Gasteiger charge is 2.52. The average Bonchev–Trinajstić information content (AvgIpc) is 2.93. The van der Waals surface area contributed by atoms with E-state index in [1.54, 1.807) is 0 Å². The van der Waals surface area contributed by atoms with Crippen LogP contribution in [-0.2, 0) is 16.0 Å². The maximum absolute atomic E-state index is 12.0. The highest BCUT2D eigenvalue weighted by Crippen LogP contribution is 2.54. The highest BCUT2D eigenvalue weighted by molar-refractivity contribution is 7.93. The van der Waals surface area contributed by atoms with Crippen LogP contribution in [0.15, 0.2) is 10.5 Å². The van der Waals surface area contributed by atoms with Gasteiger partial charge in [0.25, 0.3) is 5.91 Å². The van der Waals surface area contributed by atoms with E-state index < -0.39 is 11.2 Å². The zero-order valence-electron chi connectivity index (χ0n) is 11.8. The molecule has 2 aliphatic carbocycles. The standard InChI is InChI=1S/C14H18N2O3S2/c1-2-21(19)14-16-7-12(20-14)13(18)15-4-3-9-10-5-8(10)6-11(9)17/h7-10H,2-6H2,1H3,(H,15,18). The van der Waals surface area contributed by atoms with Crippen molar-refractivity contribution in [3.8, 4) is 0 Å². The lowest BCUT2D eigenvalue weighted by molar-refractivity contribution is -0.121. The van der Waals surface area contributed by atoms with E-state index in [4.69, 9.17) is 0 Å². The van der Waals surface area contributed by atoms with Gasteiger partial charge < -0.3 is 9.87 Å². The molecule has 0 bridgehead atoms. The smallest absolute Gasteiger partial charge is 0.302 e. The van der Waals surface area contributed by atoms with Crippen LogP contribution in [0.25, 0.3) is 0 Å². The summed E-state index contributed by atoms with van der Waals surface area (Å²) in [5, 5.41) is 2.84. The molecule has 1 amide bonds. The molecule has 21 heavy (non-hydrogen) atoms. The van der Waals surface area contributed by atoms with E-state index in [2.05, 4.69) is 10.3 Å². The average molecular weight is 326 g/mol. The van der Waals surface area contributed by atoms with Crippen molar-refractivity contribution in [2.75, 3.05) is 12.3 Å². The summed E-state index contributed by atoms with van der Waals surface area (Å²) in [6.45, 7) is 2.34. The van der Waals surface area contributed by atoms with Crippen molar-refractivity contribution in [1.82, 2.24) is 10.3 Å². The van der Waals surface area contributed by atoms with Crippen LogP contribution < -0.4 is 5.32 Å². The van der Waals surface area contributed by atoms with Gasteiger partial charge in [0.1, 0.15) is 16.4 Å². The number of ketones is 1. The first-order valence-electron chi connectivity index (χ1n) is 7.25. The number of hydrogen-bond donors (Lipinski definition) is 1. The van der Waals surface area contributed by atoms with Gasteiger partial charge in [-0.25, -0.2) is 0 Å². The summed E-state index contributed by atoms with van der Waals surface area (Å²) in [4.78, 5) is 28.2. The second kappa shape index (κ2) is 6.06. The minimum Gasteiger partial charge on any atom is -0.610 e. The van der Waals surface area contributed by atoms with E-state index in [1.165, 1.54) is 24.0 Å². The fraction of sp³-hybridized carbons (Fsp3) is 0.643. The molecule has 5 nitrogen and oxygen atoms in total. The number of aromatic nitrogens is 1. The molecule has 0 saturated heterocycles. The molecule has 0 aromatic carbocycles. The Balaban J connectivity index is 1.48. The molecule has 2 aliphatic rings. The molecule has 2 saturated carbocycles. The summed E-state index contributed by atoms with van der Waals surface area (Å²) in [7, 11) is 0. The van der Waals surface area contributed by atoms with Crippen molar-refractivity contribution < 1.29 is 14.1 Å². The Bertz CT molecular complexity index is 560. The molecular formula is C14H18N2O3S2. The number of hydrogen-bond acceptors (Lipinski definition) is 5. The molecule has 0 aliphatic heterocycles. The maximum Gasteiger partial charge on any atom is 0.302 e. The molecule has 7 heteroatoms. The number of nitrogens with one attached hydrogen (secondary N) is 1. The number of carbonyl (C=O) groups is 2. The van der Waals surface area contributed by atoms with Gasteiger partial charge in [0.05, 0.1) is 6.20 Å². The van der Waals surface area contributed by atoms with Crippen molar-refractivity contribution in [3.63, 3.8) is 0 Å². The monoisotopic (exact) mass is 326 g/mol. The summed E-state index contributed by atoms with van der Waals surface area (Å²) in [5.41, 5.74) is 0. The fourth-order valence-corrected chi connectivity index (χ4v) is 5.02. The topological polar surface area (TPSA) is 82.1 Å². The number of fused-ring (bicyclic) bond motifs is 1. The van der Waals surface area contributed by atoms with Gasteiger partial charge >= 0.3 is 4.34 Å². The van der Waals surface area contributed by atoms with Gasteiger partial charge in [0.2, 0.25) is 0 Å². The largest absolute Gasteiger partial charge is 0.610 e. The number of thiazole rings is 1. The fourth-order valence-electron chi connectivity index (χ4n) is 3.04. The molecule has 114 valence electrons. The molecule has 0 radical (unpaired) electrons. The number of amides is 1. The van der Waals surface area contributed by atoms with Gasteiger partial charge in [0.15, 0.2) is 0 Å². The van der Waals surface area contributed by atoms with Gasteiger partial charge in [-0.1, -0.05) is 11.3 Å². The maximum atomic E-state index is 12.0. The highest BCUT2D eigenvalue weighted by atomic mass is 32.2. The predicted octanol–water partition coefficient (Wildman–Crippen LogP) is 1.62. The van der Waals surface area contributed by atoms with Crippen LogP contribution in [-0.4, -0.2) is 33.5 Å². The molecule has 1 N–H and O–H groups in total. The first-order valence-corrected chi connectivity index (χ1v) is 9.38. The minimum absolute atomic E-state index is 0.153. The zero-order valence-corrected chi connectivity index (χ0v) is 13.5. The van der Waals surface area contributed by atoms with E-state index in [-0.39, 0.29) is 11.8 Å². The van der Waals surface area contributed by atoms with Crippen LogP contribution in [0.2, 0.25) is 0 Å². The molecule has 3 rings (SSSR count). The Morgan fingerprint density at radius 2 is 2.43 bits per heavy atom. The Morgan fingerprint density at radius 3 is 3.10 bits per heavy atom. The summed E-state index contributed by atoms with van der Waals surface area (Å²) in [5.74, 6) is 2.04. The second-order valence-corrected chi connectivity index (χ2v) is 8.55. The van der Waals surface area contributed by atoms with Crippen LogP contribution in [0.3, 0.4) is 0 Å². The number of rotatable bonds is 6. The van der Waals surface area contributed by atoms with E-state index in [0.29, 0.717) is 39.1 Å². The van der Waals surface area contributed by atoms with Gasteiger partial charge in [-0.3, -0.25) is 9.59 Å². The van der Waals surface area contributed by atoms with E-state index in [9.17, 15) is 14.1 Å². The van der Waals surface area contributed by atoms with Crippen LogP contribution >= 0.6 is 11.3 Å². The minimum atomic E-state index is -1.11. The number of carbonyl (C=O) groups excluding carboxylic acids is 2. The zero-order chi connectivity index (χ0) is 15.0. The molecule has 0 spiro atoms. The molecule has 4 atom stereocenters. The lowest BCUT2D eigenvalue weighted by Crippen LogP contribution is -2.26. The van der Waals surface area contributed by atoms with E-state index in [1.807, 2.05) is 6.92 Å². The predicted molar refractivity (Wildman–Crippen MR) is 80.7 cm³/mol. The first-order chi connectivity index (χ1) is 10.1. The molecular weight excluding hydrogens is 308 g/mol. The second-order valence-electron chi connectivity index (χ2n) is 5.61. The Kier molecular flexibility index (Phi) is 4.33. The number of Topliss-reactive ketones (excluding diaryl/α,β-unsaturated/α-hetero) is 1. The van der Waals surface area contributed by atoms with E-state index >= 15 is 0 Å². The third-order valence-electron chi connectivity index (χ3n) is 4.28.